The third-order valence-electron chi connectivity index (χ3n) is 6.23. The second-order valence-electron chi connectivity index (χ2n) is 7.62. The Labute approximate surface area is 185 Å². The molecule has 5 nitrogen and oxygen atoms in total. The number of hydrogen-bond acceptors (Lipinski definition) is 4. The number of rotatable bonds is 7. The molecule has 1 aromatic carbocycles. The standard InChI is InChI=1S/C21H30Br2N2O3/c1-4-25(19(26)14-15-7-8-16(22)17(23)13-15)18-9-10-21(27-2,28-3)20(18)24-11-5-6-12-24/h7-8,13,18,20H,4-6,9-12,14H2,1-3H3. The van der Waals surface area contributed by atoms with Crippen LogP contribution in [0.3, 0.4) is 0 Å². The first-order valence-corrected chi connectivity index (χ1v) is 11.6. The Hall–Kier alpha value is -0.470. The molecule has 2 fully saturated rings. The van der Waals surface area contributed by atoms with E-state index < -0.39 is 5.79 Å². The molecule has 1 aliphatic heterocycles. The number of hydrogen-bond donors (Lipinski definition) is 0. The van der Waals surface area contributed by atoms with Crippen molar-refractivity contribution in [3.63, 3.8) is 0 Å². The van der Waals surface area contributed by atoms with Crippen LogP contribution in [0.5, 0.6) is 0 Å². The highest BCUT2D eigenvalue weighted by atomic mass is 79.9. The van der Waals surface area contributed by atoms with Gasteiger partial charge in [0.1, 0.15) is 0 Å². The SMILES string of the molecule is CCN(C(=O)Cc1ccc(Br)c(Br)c1)C1CCC(OC)(OC)C1N1CCCC1. The summed E-state index contributed by atoms with van der Waals surface area (Å²) in [5, 5.41) is 0. The van der Waals surface area contributed by atoms with E-state index in [0.29, 0.717) is 13.0 Å². The molecule has 3 rings (SSSR count). The van der Waals surface area contributed by atoms with E-state index in [1.165, 1.54) is 12.8 Å². The van der Waals surface area contributed by atoms with Gasteiger partial charge in [0.25, 0.3) is 0 Å². The van der Waals surface area contributed by atoms with Gasteiger partial charge in [-0.1, -0.05) is 6.07 Å². The van der Waals surface area contributed by atoms with Gasteiger partial charge in [0.05, 0.1) is 18.5 Å². The summed E-state index contributed by atoms with van der Waals surface area (Å²) in [6.45, 7) is 4.84. The Balaban J connectivity index is 1.82. The lowest BCUT2D eigenvalue weighted by Gasteiger charge is -2.43. The number of likely N-dealkylation sites (tertiary alicyclic amines) is 1. The van der Waals surface area contributed by atoms with Crippen LogP contribution >= 0.6 is 31.9 Å². The molecule has 1 amide bonds. The van der Waals surface area contributed by atoms with Crippen molar-refractivity contribution in [3.8, 4) is 0 Å². The van der Waals surface area contributed by atoms with Crippen molar-refractivity contribution in [1.29, 1.82) is 0 Å². The Morgan fingerprint density at radius 1 is 1.21 bits per heavy atom. The van der Waals surface area contributed by atoms with Crippen molar-refractivity contribution in [3.05, 3.63) is 32.7 Å². The molecule has 2 aliphatic rings. The summed E-state index contributed by atoms with van der Waals surface area (Å²) in [5.41, 5.74) is 1.01. The normalized spacial score (nSPS) is 24.6. The molecule has 1 heterocycles. The Bertz CT molecular complexity index is 690. The third kappa shape index (κ3) is 4.33. The number of benzene rings is 1. The molecule has 0 N–H and O–H groups in total. The van der Waals surface area contributed by atoms with Crippen molar-refractivity contribution >= 4 is 37.8 Å². The molecule has 7 heteroatoms. The number of likely N-dealkylation sites (N-methyl/N-ethyl adjacent to an activating group) is 1. The summed E-state index contributed by atoms with van der Waals surface area (Å²) in [5.74, 6) is -0.475. The number of methoxy groups -OCH3 is 2. The maximum Gasteiger partial charge on any atom is 0.227 e. The largest absolute Gasteiger partial charge is 0.352 e. The molecule has 2 atom stereocenters. The average Bonchev–Trinajstić information content (AvgIpc) is 3.33. The number of nitrogens with zero attached hydrogens (tertiary/aromatic N) is 2. The smallest absolute Gasteiger partial charge is 0.227 e. The van der Waals surface area contributed by atoms with Crippen LogP contribution in [0.2, 0.25) is 0 Å². The topological polar surface area (TPSA) is 42.0 Å². The fourth-order valence-electron chi connectivity index (χ4n) is 4.87. The molecule has 0 bridgehead atoms. The molecular weight excluding hydrogens is 488 g/mol. The molecule has 1 saturated heterocycles. The van der Waals surface area contributed by atoms with Gasteiger partial charge in [0.15, 0.2) is 5.79 Å². The Kier molecular flexibility index (Phi) is 7.59. The van der Waals surface area contributed by atoms with Gasteiger partial charge < -0.3 is 14.4 Å². The van der Waals surface area contributed by atoms with Gasteiger partial charge in [-0.3, -0.25) is 9.69 Å². The van der Waals surface area contributed by atoms with Crippen LogP contribution in [-0.4, -0.2) is 67.4 Å². The monoisotopic (exact) mass is 516 g/mol. The molecular formula is C21H30Br2N2O3. The predicted molar refractivity (Wildman–Crippen MR) is 117 cm³/mol. The molecule has 1 aromatic rings. The maximum absolute atomic E-state index is 13.3. The highest BCUT2D eigenvalue weighted by molar-refractivity contribution is 9.13. The zero-order chi connectivity index (χ0) is 20.3. The van der Waals surface area contributed by atoms with E-state index in [1.54, 1.807) is 14.2 Å². The summed E-state index contributed by atoms with van der Waals surface area (Å²) in [4.78, 5) is 17.8. The fraction of sp³-hybridized carbons (Fsp3) is 0.667. The number of halogens is 2. The fourth-order valence-corrected chi connectivity index (χ4v) is 5.54. The third-order valence-corrected chi connectivity index (χ3v) is 8.11. The molecule has 0 aromatic heterocycles. The van der Waals surface area contributed by atoms with E-state index in [0.717, 1.165) is 40.4 Å². The summed E-state index contributed by atoms with van der Waals surface area (Å²) in [6.07, 6.45) is 4.49. The average molecular weight is 518 g/mol. The van der Waals surface area contributed by atoms with Crippen LogP contribution in [0, 0.1) is 0 Å². The first-order valence-electron chi connectivity index (χ1n) is 10.0. The Morgan fingerprint density at radius 3 is 2.46 bits per heavy atom. The van der Waals surface area contributed by atoms with E-state index in [2.05, 4.69) is 43.7 Å². The first kappa shape index (κ1) is 22.2. The minimum Gasteiger partial charge on any atom is -0.352 e. The maximum atomic E-state index is 13.3. The zero-order valence-corrected chi connectivity index (χ0v) is 20.1. The van der Waals surface area contributed by atoms with Crippen molar-refractivity contribution in [2.75, 3.05) is 33.9 Å². The van der Waals surface area contributed by atoms with Crippen molar-refractivity contribution < 1.29 is 14.3 Å². The lowest BCUT2D eigenvalue weighted by molar-refractivity contribution is -0.234. The molecule has 1 aliphatic carbocycles. The summed E-state index contributed by atoms with van der Waals surface area (Å²) in [6, 6.07) is 6.17. The van der Waals surface area contributed by atoms with Crippen LogP contribution in [-0.2, 0) is 20.7 Å². The van der Waals surface area contributed by atoms with Crippen molar-refractivity contribution in [2.45, 2.75) is 56.9 Å². The second-order valence-corrected chi connectivity index (χ2v) is 9.33. The van der Waals surface area contributed by atoms with Gasteiger partial charge in [-0.05, 0) is 88.8 Å². The van der Waals surface area contributed by atoms with E-state index in [9.17, 15) is 4.79 Å². The van der Waals surface area contributed by atoms with E-state index in [4.69, 9.17) is 9.47 Å². The summed E-state index contributed by atoms with van der Waals surface area (Å²) >= 11 is 7.02. The molecule has 0 spiro atoms. The van der Waals surface area contributed by atoms with Crippen LogP contribution in [0.25, 0.3) is 0 Å². The molecule has 156 valence electrons. The van der Waals surface area contributed by atoms with Gasteiger partial charge in [-0.15, -0.1) is 0 Å². The van der Waals surface area contributed by atoms with E-state index in [1.807, 2.05) is 23.1 Å². The van der Waals surface area contributed by atoms with Gasteiger partial charge >= 0.3 is 0 Å². The second kappa shape index (κ2) is 9.56. The molecule has 1 saturated carbocycles. The van der Waals surface area contributed by atoms with Crippen LogP contribution in [0.15, 0.2) is 27.1 Å². The highest BCUT2D eigenvalue weighted by Gasteiger charge is 2.54. The number of carbonyl (C=O) groups excluding carboxylic acids is 1. The number of carbonyl (C=O) groups is 1. The van der Waals surface area contributed by atoms with Crippen molar-refractivity contribution in [2.24, 2.45) is 0 Å². The van der Waals surface area contributed by atoms with Crippen molar-refractivity contribution in [1.82, 2.24) is 9.80 Å². The van der Waals surface area contributed by atoms with Crippen LogP contribution in [0.4, 0.5) is 0 Å². The Morgan fingerprint density at radius 2 is 1.89 bits per heavy atom. The van der Waals surface area contributed by atoms with E-state index >= 15 is 0 Å². The van der Waals surface area contributed by atoms with Crippen LogP contribution < -0.4 is 0 Å². The number of amides is 1. The minimum absolute atomic E-state index is 0.0746. The lowest BCUT2D eigenvalue weighted by Crippen LogP contribution is -2.59. The van der Waals surface area contributed by atoms with Gasteiger partial charge in [0.2, 0.25) is 5.91 Å². The lowest BCUT2D eigenvalue weighted by atomic mass is 10.0. The zero-order valence-electron chi connectivity index (χ0n) is 16.9. The number of ether oxygens (including phenoxy) is 2. The van der Waals surface area contributed by atoms with Gasteiger partial charge in [0, 0.05) is 36.1 Å². The van der Waals surface area contributed by atoms with E-state index in [-0.39, 0.29) is 18.0 Å². The first-order chi connectivity index (χ1) is 13.5. The van der Waals surface area contributed by atoms with Gasteiger partial charge in [-0.2, -0.15) is 0 Å². The molecule has 28 heavy (non-hydrogen) atoms. The quantitative estimate of drug-likeness (QED) is 0.508. The highest BCUT2D eigenvalue weighted by Crippen LogP contribution is 2.41. The van der Waals surface area contributed by atoms with Gasteiger partial charge in [-0.25, -0.2) is 0 Å². The summed E-state index contributed by atoms with van der Waals surface area (Å²) in [7, 11) is 3.46. The molecule has 2 unspecified atom stereocenters. The van der Waals surface area contributed by atoms with Crippen LogP contribution in [0.1, 0.15) is 38.2 Å². The minimum atomic E-state index is -0.636. The summed E-state index contributed by atoms with van der Waals surface area (Å²) < 4.78 is 13.8. The predicted octanol–water partition coefficient (Wildman–Crippen LogP) is 4.22. The molecule has 0 radical (unpaired) electrons.